The molecule has 1 aliphatic heterocycles. The molecule has 2 aliphatic rings. The molecular weight excluding hydrogens is 520 g/mol. The van der Waals surface area contributed by atoms with E-state index < -0.39 is 0 Å². The number of rotatable bonds is 9. The Morgan fingerprint density at radius 2 is 1.55 bits per heavy atom. The van der Waals surface area contributed by atoms with Crippen LogP contribution >= 0.6 is 0 Å². The number of benzene rings is 4. The average molecular weight is 555 g/mol. The van der Waals surface area contributed by atoms with Gasteiger partial charge in [0.15, 0.2) is 5.76 Å². The Morgan fingerprint density at radius 3 is 2.26 bits per heavy atom. The molecule has 1 saturated carbocycles. The summed E-state index contributed by atoms with van der Waals surface area (Å²) in [5.41, 5.74) is 9.99. The molecule has 42 heavy (non-hydrogen) atoms. The summed E-state index contributed by atoms with van der Waals surface area (Å²) in [7, 11) is 0. The number of hydrogen-bond donors (Lipinski definition) is 1. The van der Waals surface area contributed by atoms with Crippen LogP contribution in [0.2, 0.25) is 0 Å². The lowest BCUT2D eigenvalue weighted by atomic mass is 9.89. The third-order valence-electron chi connectivity index (χ3n) is 8.79. The van der Waals surface area contributed by atoms with Gasteiger partial charge in [-0.1, -0.05) is 108 Å². The maximum absolute atomic E-state index is 12.1. The Hall–Kier alpha value is -4.64. The van der Waals surface area contributed by atoms with Crippen LogP contribution in [-0.4, -0.2) is 17.7 Å². The highest BCUT2D eigenvalue weighted by molar-refractivity contribution is 5.89. The molecule has 2 heterocycles. The first-order valence-electron chi connectivity index (χ1n) is 14.9. The Balaban J connectivity index is 1.11. The first-order valence-corrected chi connectivity index (χ1v) is 14.9. The highest BCUT2D eigenvalue weighted by atomic mass is 16.5. The molecule has 0 radical (unpaired) electrons. The standard InChI is InChI=1S/C37H34N2O3/c1-2-41-33(40)24-37(22-23-37)29-19-17-27(18-20-29)26-13-15-28(16-14-26)36-35-34(39-42-36)31-11-7-6-10-30(31)32(38-35)21-12-25-8-4-3-5-9-25/h3-11,13-20,32,38H,2,12,21-24H2,1H3. The molecule has 0 spiro atoms. The van der Waals surface area contributed by atoms with Gasteiger partial charge in [-0.2, -0.15) is 0 Å². The highest BCUT2D eigenvalue weighted by Crippen LogP contribution is 2.51. The number of nitrogens with one attached hydrogen (secondary N) is 1. The lowest BCUT2D eigenvalue weighted by Crippen LogP contribution is -2.17. The fraction of sp³-hybridized carbons (Fsp3) is 0.243. The molecular formula is C37H34N2O3. The third-order valence-corrected chi connectivity index (χ3v) is 8.79. The van der Waals surface area contributed by atoms with Crippen LogP contribution in [0.1, 0.15) is 55.3 Å². The molecule has 5 heteroatoms. The van der Waals surface area contributed by atoms with E-state index in [1.165, 1.54) is 16.7 Å². The summed E-state index contributed by atoms with van der Waals surface area (Å²) in [6.07, 6.45) is 4.49. The molecule has 0 bridgehead atoms. The summed E-state index contributed by atoms with van der Waals surface area (Å²) < 4.78 is 11.2. The van der Waals surface area contributed by atoms with Crippen LogP contribution in [0.15, 0.2) is 108 Å². The molecule has 1 atom stereocenters. The topological polar surface area (TPSA) is 64.4 Å². The molecule has 1 aliphatic carbocycles. The number of fused-ring (bicyclic) bond motifs is 3. The van der Waals surface area contributed by atoms with E-state index >= 15 is 0 Å². The van der Waals surface area contributed by atoms with Crippen molar-refractivity contribution in [3.8, 4) is 33.7 Å². The van der Waals surface area contributed by atoms with Gasteiger partial charge in [0.05, 0.1) is 19.1 Å². The fourth-order valence-electron chi connectivity index (χ4n) is 6.29. The number of ether oxygens (including phenoxy) is 1. The summed E-state index contributed by atoms with van der Waals surface area (Å²) in [5.74, 6) is 0.658. The molecule has 7 rings (SSSR count). The quantitative estimate of drug-likeness (QED) is 0.185. The zero-order chi connectivity index (χ0) is 28.5. The van der Waals surface area contributed by atoms with E-state index in [1.54, 1.807) is 0 Å². The zero-order valence-electron chi connectivity index (χ0n) is 23.8. The number of carbonyl (C=O) groups is 1. The minimum atomic E-state index is -0.107. The Labute approximate surface area is 246 Å². The molecule has 1 unspecified atom stereocenters. The second-order valence-electron chi connectivity index (χ2n) is 11.5. The van der Waals surface area contributed by atoms with Gasteiger partial charge in [0.1, 0.15) is 11.4 Å². The van der Waals surface area contributed by atoms with Crippen molar-refractivity contribution < 1.29 is 14.1 Å². The van der Waals surface area contributed by atoms with Gasteiger partial charge in [-0.15, -0.1) is 0 Å². The number of esters is 1. The molecule has 0 amide bonds. The Bertz CT molecular complexity index is 1700. The van der Waals surface area contributed by atoms with Crippen molar-refractivity contribution in [2.75, 3.05) is 11.9 Å². The molecule has 210 valence electrons. The van der Waals surface area contributed by atoms with Crippen LogP contribution in [0.25, 0.3) is 33.7 Å². The first kappa shape index (κ1) is 26.3. The van der Waals surface area contributed by atoms with Crippen LogP contribution in [-0.2, 0) is 21.4 Å². The number of hydrogen-bond acceptors (Lipinski definition) is 5. The monoisotopic (exact) mass is 554 g/mol. The minimum absolute atomic E-state index is 0.0510. The van der Waals surface area contributed by atoms with E-state index in [0.717, 1.165) is 65.1 Å². The van der Waals surface area contributed by atoms with Gasteiger partial charge >= 0.3 is 5.97 Å². The van der Waals surface area contributed by atoms with E-state index in [1.807, 2.05) is 6.92 Å². The van der Waals surface area contributed by atoms with Crippen molar-refractivity contribution in [2.24, 2.45) is 0 Å². The lowest BCUT2D eigenvalue weighted by Gasteiger charge is -2.27. The number of anilines is 1. The molecule has 4 aromatic carbocycles. The summed E-state index contributed by atoms with van der Waals surface area (Å²) in [6, 6.07) is 36.4. The Kier molecular flexibility index (Phi) is 6.87. The molecule has 5 aromatic rings. The summed E-state index contributed by atoms with van der Waals surface area (Å²) >= 11 is 0. The van der Waals surface area contributed by atoms with E-state index in [4.69, 9.17) is 9.26 Å². The highest BCUT2D eigenvalue weighted by Gasteiger charge is 2.46. The Morgan fingerprint density at radius 1 is 0.881 bits per heavy atom. The van der Waals surface area contributed by atoms with Crippen molar-refractivity contribution in [3.63, 3.8) is 0 Å². The molecule has 5 nitrogen and oxygen atoms in total. The van der Waals surface area contributed by atoms with Crippen LogP contribution in [0.5, 0.6) is 0 Å². The third kappa shape index (κ3) is 5.00. The van der Waals surface area contributed by atoms with Crippen LogP contribution < -0.4 is 5.32 Å². The van der Waals surface area contributed by atoms with E-state index in [9.17, 15) is 4.79 Å². The average Bonchev–Trinajstić information content (AvgIpc) is 3.69. The maximum atomic E-state index is 12.1. The van der Waals surface area contributed by atoms with Crippen molar-refractivity contribution >= 4 is 11.7 Å². The van der Waals surface area contributed by atoms with E-state index in [2.05, 4.69) is 114 Å². The first-order chi connectivity index (χ1) is 20.6. The van der Waals surface area contributed by atoms with Gasteiger partial charge < -0.3 is 14.6 Å². The second-order valence-corrected chi connectivity index (χ2v) is 11.5. The van der Waals surface area contributed by atoms with E-state index in [-0.39, 0.29) is 17.4 Å². The van der Waals surface area contributed by atoms with Crippen LogP contribution in [0.4, 0.5) is 5.69 Å². The maximum Gasteiger partial charge on any atom is 0.306 e. The van der Waals surface area contributed by atoms with E-state index in [0.29, 0.717) is 13.0 Å². The zero-order valence-corrected chi connectivity index (χ0v) is 23.8. The van der Waals surface area contributed by atoms with Gasteiger partial charge in [-0.25, -0.2) is 0 Å². The van der Waals surface area contributed by atoms with Crippen LogP contribution in [0.3, 0.4) is 0 Å². The number of nitrogens with zero attached hydrogens (tertiary/aromatic N) is 1. The number of aromatic nitrogens is 1. The van der Waals surface area contributed by atoms with Crippen molar-refractivity contribution in [1.29, 1.82) is 0 Å². The van der Waals surface area contributed by atoms with Gasteiger partial charge in [0, 0.05) is 16.5 Å². The van der Waals surface area contributed by atoms with Gasteiger partial charge in [-0.3, -0.25) is 4.79 Å². The molecule has 1 N–H and O–H groups in total. The van der Waals surface area contributed by atoms with Gasteiger partial charge in [0.25, 0.3) is 0 Å². The summed E-state index contributed by atoms with van der Waals surface area (Å²) in [6.45, 7) is 2.28. The summed E-state index contributed by atoms with van der Waals surface area (Å²) in [5, 5.41) is 8.28. The van der Waals surface area contributed by atoms with Crippen LogP contribution in [0, 0.1) is 0 Å². The van der Waals surface area contributed by atoms with Gasteiger partial charge in [0.2, 0.25) is 0 Å². The molecule has 1 fully saturated rings. The number of aryl methyl sites for hydroxylation is 1. The predicted molar refractivity (Wildman–Crippen MR) is 166 cm³/mol. The number of carbonyl (C=O) groups excluding carboxylic acids is 1. The minimum Gasteiger partial charge on any atom is -0.466 e. The largest absolute Gasteiger partial charge is 0.466 e. The summed E-state index contributed by atoms with van der Waals surface area (Å²) in [4.78, 5) is 12.1. The van der Waals surface area contributed by atoms with Gasteiger partial charge in [-0.05, 0) is 60.4 Å². The predicted octanol–water partition coefficient (Wildman–Crippen LogP) is 8.76. The smallest absolute Gasteiger partial charge is 0.306 e. The second kappa shape index (κ2) is 11.0. The SMILES string of the molecule is CCOC(=O)CC1(c2ccc(-c3ccc(-c4onc5c4NC(CCc4ccccc4)c4ccccc4-5)cc3)cc2)CC1. The fourth-order valence-corrected chi connectivity index (χ4v) is 6.29. The molecule has 1 aromatic heterocycles. The van der Waals surface area contributed by atoms with Crippen molar-refractivity contribution in [1.82, 2.24) is 5.16 Å². The molecule has 0 saturated heterocycles. The lowest BCUT2D eigenvalue weighted by molar-refractivity contribution is -0.143. The van der Waals surface area contributed by atoms with Crippen molar-refractivity contribution in [2.45, 2.75) is 50.5 Å². The normalized spacial score (nSPS) is 16.2. The van der Waals surface area contributed by atoms with Crippen molar-refractivity contribution in [3.05, 3.63) is 120 Å².